The number of hydrogen-bond donors (Lipinski definition) is 4. The highest BCUT2D eigenvalue weighted by molar-refractivity contribution is 9.10. The van der Waals surface area contributed by atoms with Crippen molar-refractivity contribution in [1.29, 1.82) is 0 Å². The minimum atomic E-state index is 0.563. The number of thiocarbonyl (C=S) groups is 1. The molecule has 1 aliphatic heterocycles. The van der Waals surface area contributed by atoms with Crippen molar-refractivity contribution in [3.8, 4) is 0 Å². The topological polar surface area (TPSA) is 51.9 Å². The number of aromatic nitrogens is 1. The molecule has 0 spiro atoms. The van der Waals surface area contributed by atoms with Gasteiger partial charge in [0.2, 0.25) is 0 Å². The second-order valence-corrected chi connectivity index (χ2v) is 4.59. The van der Waals surface area contributed by atoms with E-state index < -0.39 is 0 Å². The predicted octanol–water partition coefficient (Wildman–Crippen LogP) is 2.56. The van der Waals surface area contributed by atoms with E-state index in [9.17, 15) is 0 Å². The molecular formula is C9H7BrN4S. The van der Waals surface area contributed by atoms with Crippen LogP contribution in [0.25, 0.3) is 10.9 Å². The Labute approximate surface area is 99.5 Å². The number of aromatic amines is 1. The Morgan fingerprint density at radius 2 is 2.07 bits per heavy atom. The average molecular weight is 283 g/mol. The number of hydrogen-bond acceptors (Lipinski definition) is 2. The Balaban J connectivity index is 2.27. The molecule has 1 aliphatic rings. The van der Waals surface area contributed by atoms with Crippen molar-refractivity contribution in [2.45, 2.75) is 0 Å². The minimum Gasteiger partial charge on any atom is -0.339 e. The van der Waals surface area contributed by atoms with Gasteiger partial charge in [0.05, 0.1) is 5.52 Å². The maximum Gasteiger partial charge on any atom is 0.190 e. The largest absolute Gasteiger partial charge is 0.339 e. The molecule has 0 amide bonds. The highest BCUT2D eigenvalue weighted by Gasteiger charge is 2.16. The van der Waals surface area contributed by atoms with E-state index in [2.05, 4.69) is 37.1 Å². The minimum absolute atomic E-state index is 0.563. The molecule has 0 saturated heterocycles. The third-order valence-electron chi connectivity index (χ3n) is 2.30. The van der Waals surface area contributed by atoms with E-state index in [-0.39, 0.29) is 0 Å². The summed E-state index contributed by atoms with van der Waals surface area (Å²) in [4.78, 5) is 3.26. The van der Waals surface area contributed by atoms with Gasteiger partial charge in [-0.05, 0) is 30.4 Å². The van der Waals surface area contributed by atoms with E-state index in [4.69, 9.17) is 12.2 Å². The van der Waals surface area contributed by atoms with Crippen molar-refractivity contribution in [3.63, 3.8) is 0 Å². The fourth-order valence-corrected chi connectivity index (χ4v) is 2.17. The molecular weight excluding hydrogens is 276 g/mol. The van der Waals surface area contributed by atoms with Crippen molar-refractivity contribution in [2.75, 3.05) is 10.7 Å². The lowest BCUT2D eigenvalue weighted by molar-refractivity contribution is 1.12. The zero-order chi connectivity index (χ0) is 10.4. The molecule has 0 radical (unpaired) electrons. The van der Waals surface area contributed by atoms with Crippen molar-refractivity contribution < 1.29 is 0 Å². The van der Waals surface area contributed by atoms with Crippen LogP contribution in [-0.2, 0) is 0 Å². The molecule has 0 saturated carbocycles. The van der Waals surface area contributed by atoms with E-state index in [1.54, 1.807) is 0 Å². The molecule has 4 N–H and O–H groups in total. The molecule has 4 nitrogen and oxygen atoms in total. The van der Waals surface area contributed by atoms with Crippen LogP contribution in [0.3, 0.4) is 0 Å². The molecule has 3 rings (SSSR count). The number of rotatable bonds is 0. The van der Waals surface area contributed by atoms with Crippen LogP contribution in [0.15, 0.2) is 22.7 Å². The SMILES string of the molecule is S=C1NNc2c([nH]c3cc(Br)ccc23)N1. The highest BCUT2D eigenvalue weighted by Crippen LogP contribution is 2.33. The molecule has 76 valence electrons. The molecule has 0 atom stereocenters. The lowest BCUT2D eigenvalue weighted by Crippen LogP contribution is -2.37. The molecule has 2 aromatic rings. The fraction of sp³-hybridized carbons (Fsp3) is 0. The van der Waals surface area contributed by atoms with Crippen LogP contribution in [0.1, 0.15) is 0 Å². The summed E-state index contributed by atoms with van der Waals surface area (Å²) in [5.41, 5.74) is 7.97. The number of H-pyrrole nitrogens is 1. The van der Waals surface area contributed by atoms with Gasteiger partial charge in [-0.3, -0.25) is 10.9 Å². The Hall–Kier alpha value is -1.27. The molecule has 0 bridgehead atoms. The van der Waals surface area contributed by atoms with Crippen LogP contribution in [0, 0.1) is 0 Å². The summed E-state index contributed by atoms with van der Waals surface area (Å²) in [6.45, 7) is 0. The molecule has 1 aromatic carbocycles. The van der Waals surface area contributed by atoms with E-state index in [0.29, 0.717) is 5.11 Å². The number of fused-ring (bicyclic) bond motifs is 3. The summed E-state index contributed by atoms with van der Waals surface area (Å²) in [7, 11) is 0. The first-order valence-electron chi connectivity index (χ1n) is 4.38. The van der Waals surface area contributed by atoms with Gasteiger partial charge in [-0.2, -0.15) is 0 Å². The van der Waals surface area contributed by atoms with E-state index in [1.165, 1.54) is 0 Å². The lowest BCUT2D eigenvalue weighted by Gasteiger charge is -2.18. The van der Waals surface area contributed by atoms with E-state index >= 15 is 0 Å². The van der Waals surface area contributed by atoms with Gasteiger partial charge in [0, 0.05) is 9.86 Å². The van der Waals surface area contributed by atoms with Gasteiger partial charge >= 0.3 is 0 Å². The quantitative estimate of drug-likeness (QED) is 0.561. The van der Waals surface area contributed by atoms with Crippen molar-refractivity contribution in [1.82, 2.24) is 10.4 Å². The van der Waals surface area contributed by atoms with E-state index in [1.807, 2.05) is 18.2 Å². The van der Waals surface area contributed by atoms with Gasteiger partial charge in [0.15, 0.2) is 5.11 Å². The number of anilines is 2. The van der Waals surface area contributed by atoms with Crippen LogP contribution >= 0.6 is 28.1 Å². The second-order valence-electron chi connectivity index (χ2n) is 3.27. The van der Waals surface area contributed by atoms with Crippen LogP contribution < -0.4 is 16.2 Å². The zero-order valence-electron chi connectivity index (χ0n) is 7.52. The first kappa shape index (κ1) is 8.99. The van der Waals surface area contributed by atoms with Gasteiger partial charge in [-0.1, -0.05) is 15.9 Å². The second kappa shape index (κ2) is 3.11. The van der Waals surface area contributed by atoms with E-state index in [0.717, 1.165) is 26.9 Å². The molecule has 15 heavy (non-hydrogen) atoms. The maximum absolute atomic E-state index is 5.00. The Morgan fingerprint density at radius 3 is 2.93 bits per heavy atom. The first-order valence-corrected chi connectivity index (χ1v) is 5.58. The van der Waals surface area contributed by atoms with Crippen molar-refractivity contribution >= 4 is 55.7 Å². The molecule has 0 fully saturated rings. The van der Waals surface area contributed by atoms with Crippen LogP contribution in [-0.4, -0.2) is 10.1 Å². The lowest BCUT2D eigenvalue weighted by atomic mass is 10.2. The van der Waals surface area contributed by atoms with Gasteiger partial charge in [-0.25, -0.2) is 0 Å². The molecule has 1 aromatic heterocycles. The van der Waals surface area contributed by atoms with Gasteiger partial charge in [-0.15, -0.1) is 0 Å². The predicted molar refractivity (Wildman–Crippen MR) is 69.0 cm³/mol. The molecule has 2 heterocycles. The smallest absolute Gasteiger partial charge is 0.190 e. The Morgan fingerprint density at radius 1 is 1.20 bits per heavy atom. The summed E-state index contributed by atoms with van der Waals surface area (Å²) >= 11 is 8.43. The monoisotopic (exact) mass is 282 g/mol. The van der Waals surface area contributed by atoms with Crippen molar-refractivity contribution in [2.24, 2.45) is 0 Å². The fourth-order valence-electron chi connectivity index (χ4n) is 1.66. The molecule has 6 heteroatoms. The van der Waals surface area contributed by atoms with Crippen LogP contribution in [0.5, 0.6) is 0 Å². The summed E-state index contributed by atoms with van der Waals surface area (Å²) in [6.07, 6.45) is 0. The highest BCUT2D eigenvalue weighted by atomic mass is 79.9. The third kappa shape index (κ3) is 1.37. The summed E-state index contributed by atoms with van der Waals surface area (Å²) in [5, 5.41) is 4.74. The summed E-state index contributed by atoms with van der Waals surface area (Å²) < 4.78 is 1.05. The van der Waals surface area contributed by atoms with Gasteiger partial charge in [0.1, 0.15) is 11.5 Å². The van der Waals surface area contributed by atoms with Crippen LogP contribution in [0.2, 0.25) is 0 Å². The van der Waals surface area contributed by atoms with Gasteiger partial charge < -0.3 is 10.3 Å². The molecule has 0 aliphatic carbocycles. The number of halogens is 1. The third-order valence-corrected chi connectivity index (χ3v) is 3.00. The van der Waals surface area contributed by atoms with Gasteiger partial charge in [0.25, 0.3) is 0 Å². The normalized spacial score (nSPS) is 14.1. The van der Waals surface area contributed by atoms with Crippen molar-refractivity contribution in [3.05, 3.63) is 22.7 Å². The number of nitrogens with one attached hydrogen (secondary N) is 4. The standard InChI is InChI=1S/C9H7BrN4S/c10-4-1-2-5-6(3-4)11-8-7(5)13-14-9(15)12-8/h1-3,11,13H,(H2,12,14,15). The Bertz CT molecular complexity index is 562. The van der Waals surface area contributed by atoms with Crippen LogP contribution in [0.4, 0.5) is 11.5 Å². The number of hydrazine groups is 1. The average Bonchev–Trinajstić information content (AvgIpc) is 2.53. The summed E-state index contributed by atoms with van der Waals surface area (Å²) in [5.74, 6) is 0.895. The zero-order valence-corrected chi connectivity index (χ0v) is 9.92. The maximum atomic E-state index is 5.00. The Kier molecular flexibility index (Phi) is 1.86. The molecule has 0 unspecified atom stereocenters. The first-order chi connectivity index (χ1) is 7.24. The number of benzene rings is 1. The summed E-state index contributed by atoms with van der Waals surface area (Å²) in [6, 6.07) is 6.07.